The zero-order valence-corrected chi connectivity index (χ0v) is 9.61. The number of carbonyl (C=O) groups excluding carboxylic acids is 1. The number of carbonyl (C=O) groups is 1. The van der Waals surface area contributed by atoms with Gasteiger partial charge in [-0.15, -0.1) is 0 Å². The number of ether oxygens (including phenoxy) is 1. The lowest BCUT2D eigenvalue weighted by Gasteiger charge is -2.19. The third-order valence-electron chi connectivity index (χ3n) is 1.65. The van der Waals surface area contributed by atoms with Crippen molar-refractivity contribution in [3.8, 4) is 0 Å². The third kappa shape index (κ3) is 3.97. The summed E-state index contributed by atoms with van der Waals surface area (Å²) < 4.78 is 43.4. The highest BCUT2D eigenvalue weighted by molar-refractivity contribution is 5.85. The van der Waals surface area contributed by atoms with E-state index in [1.807, 2.05) is 5.32 Å². The van der Waals surface area contributed by atoms with Gasteiger partial charge in [-0.05, 0) is 20.8 Å². The van der Waals surface area contributed by atoms with E-state index in [4.69, 9.17) is 4.74 Å². The molecule has 0 radical (unpaired) electrons. The Balaban J connectivity index is 2.82. The van der Waals surface area contributed by atoms with Crippen molar-refractivity contribution in [3.63, 3.8) is 0 Å². The number of anilines is 1. The van der Waals surface area contributed by atoms with Crippen molar-refractivity contribution in [1.82, 2.24) is 0 Å². The predicted octanol–water partition coefficient (Wildman–Crippen LogP) is 3.45. The van der Waals surface area contributed by atoms with E-state index in [0.717, 1.165) is 0 Å². The van der Waals surface area contributed by atoms with Crippen LogP contribution < -0.4 is 5.32 Å². The molecule has 3 nitrogen and oxygen atoms in total. The Kier molecular flexibility index (Phi) is 3.65. The molecule has 1 rings (SSSR count). The molecular weight excluding hydrogens is 235 g/mol. The fourth-order valence-corrected chi connectivity index (χ4v) is 1.03. The number of amides is 1. The van der Waals surface area contributed by atoms with E-state index in [-0.39, 0.29) is 0 Å². The van der Waals surface area contributed by atoms with Crippen molar-refractivity contribution in [3.05, 3.63) is 29.6 Å². The second kappa shape index (κ2) is 4.65. The summed E-state index contributed by atoms with van der Waals surface area (Å²) in [6.45, 7) is 4.86. The number of halogens is 3. The van der Waals surface area contributed by atoms with Crippen LogP contribution in [0.3, 0.4) is 0 Å². The van der Waals surface area contributed by atoms with Crippen molar-refractivity contribution in [1.29, 1.82) is 0 Å². The second-order valence-corrected chi connectivity index (χ2v) is 4.37. The lowest BCUT2D eigenvalue weighted by atomic mass is 10.2. The number of hydrogen-bond donors (Lipinski definition) is 1. The molecule has 0 aliphatic carbocycles. The zero-order chi connectivity index (χ0) is 13.2. The van der Waals surface area contributed by atoms with Crippen molar-refractivity contribution in [2.75, 3.05) is 5.32 Å². The van der Waals surface area contributed by atoms with Crippen molar-refractivity contribution < 1.29 is 22.7 Å². The summed E-state index contributed by atoms with van der Waals surface area (Å²) in [5.41, 5.74) is -1.24. The van der Waals surface area contributed by atoms with Crippen LogP contribution in [0.5, 0.6) is 0 Å². The molecule has 0 spiro atoms. The molecule has 0 heterocycles. The standard InChI is InChI=1S/C11H12F3NO2/c1-11(2,3)17-10(16)15-9-5-7(13)6(12)4-8(9)14/h4-5H,1-3H3,(H,15,16). The molecule has 1 aromatic rings. The Morgan fingerprint density at radius 1 is 1.12 bits per heavy atom. The largest absolute Gasteiger partial charge is 0.444 e. The highest BCUT2D eigenvalue weighted by Gasteiger charge is 2.18. The Morgan fingerprint density at radius 2 is 1.65 bits per heavy atom. The van der Waals surface area contributed by atoms with E-state index in [2.05, 4.69) is 0 Å². The number of hydrogen-bond acceptors (Lipinski definition) is 2. The van der Waals surface area contributed by atoms with Crippen molar-refractivity contribution >= 4 is 11.8 Å². The first-order valence-corrected chi connectivity index (χ1v) is 4.83. The fraction of sp³-hybridized carbons (Fsp3) is 0.364. The molecule has 0 saturated heterocycles. The summed E-state index contributed by atoms with van der Waals surface area (Å²) in [4.78, 5) is 11.3. The van der Waals surface area contributed by atoms with Crippen molar-refractivity contribution in [2.24, 2.45) is 0 Å². The van der Waals surface area contributed by atoms with Gasteiger partial charge in [0.15, 0.2) is 11.6 Å². The summed E-state index contributed by atoms with van der Waals surface area (Å²) in [5.74, 6) is -3.65. The first-order chi connectivity index (χ1) is 7.69. The molecule has 0 aliphatic heterocycles. The lowest BCUT2D eigenvalue weighted by Crippen LogP contribution is -2.27. The molecule has 0 unspecified atom stereocenters. The van der Waals surface area contributed by atoms with Crippen LogP contribution in [0.2, 0.25) is 0 Å². The van der Waals surface area contributed by atoms with Crippen LogP contribution in [0.1, 0.15) is 20.8 Å². The first kappa shape index (κ1) is 13.3. The van der Waals surface area contributed by atoms with Crippen LogP contribution in [-0.2, 0) is 4.74 Å². The van der Waals surface area contributed by atoms with Crippen LogP contribution in [0.25, 0.3) is 0 Å². The molecule has 0 bridgehead atoms. The summed E-state index contributed by atoms with van der Waals surface area (Å²) in [5, 5.41) is 1.99. The summed E-state index contributed by atoms with van der Waals surface area (Å²) in [7, 11) is 0. The average Bonchev–Trinajstić information content (AvgIpc) is 2.11. The smallest absolute Gasteiger partial charge is 0.412 e. The predicted molar refractivity (Wildman–Crippen MR) is 56.2 cm³/mol. The van der Waals surface area contributed by atoms with Crippen LogP contribution in [0.4, 0.5) is 23.7 Å². The molecule has 0 aliphatic rings. The minimum atomic E-state index is -1.32. The fourth-order valence-electron chi connectivity index (χ4n) is 1.03. The first-order valence-electron chi connectivity index (χ1n) is 4.83. The van der Waals surface area contributed by atoms with Gasteiger partial charge in [-0.25, -0.2) is 18.0 Å². The van der Waals surface area contributed by atoms with Crippen LogP contribution in [-0.4, -0.2) is 11.7 Å². The Hall–Kier alpha value is -1.72. The maximum absolute atomic E-state index is 13.1. The third-order valence-corrected chi connectivity index (χ3v) is 1.65. The SMILES string of the molecule is CC(C)(C)OC(=O)Nc1cc(F)c(F)cc1F. The maximum Gasteiger partial charge on any atom is 0.412 e. The highest BCUT2D eigenvalue weighted by Crippen LogP contribution is 2.19. The lowest BCUT2D eigenvalue weighted by molar-refractivity contribution is 0.0635. The Bertz CT molecular complexity index is 441. The topological polar surface area (TPSA) is 38.3 Å². The Labute approximate surface area is 96.6 Å². The average molecular weight is 247 g/mol. The van der Waals surface area contributed by atoms with Gasteiger partial charge in [0.1, 0.15) is 11.4 Å². The number of nitrogens with one attached hydrogen (secondary N) is 1. The van der Waals surface area contributed by atoms with E-state index < -0.39 is 34.8 Å². The van der Waals surface area contributed by atoms with Gasteiger partial charge < -0.3 is 4.74 Å². The Morgan fingerprint density at radius 3 is 2.18 bits per heavy atom. The van der Waals surface area contributed by atoms with Gasteiger partial charge in [0.2, 0.25) is 0 Å². The number of benzene rings is 1. The molecule has 0 aromatic heterocycles. The van der Waals surface area contributed by atoms with E-state index >= 15 is 0 Å². The molecule has 94 valence electrons. The van der Waals surface area contributed by atoms with Crippen molar-refractivity contribution in [2.45, 2.75) is 26.4 Å². The number of rotatable bonds is 1. The zero-order valence-electron chi connectivity index (χ0n) is 9.61. The van der Waals surface area contributed by atoms with Gasteiger partial charge >= 0.3 is 6.09 Å². The molecule has 1 amide bonds. The minimum absolute atomic E-state index is 0.349. The maximum atomic E-state index is 13.1. The quantitative estimate of drug-likeness (QED) is 0.772. The highest BCUT2D eigenvalue weighted by atomic mass is 19.2. The molecule has 0 atom stereocenters. The normalized spacial score (nSPS) is 11.2. The molecule has 6 heteroatoms. The van der Waals surface area contributed by atoms with E-state index in [1.165, 1.54) is 0 Å². The van der Waals surface area contributed by atoms with Crippen LogP contribution >= 0.6 is 0 Å². The second-order valence-electron chi connectivity index (χ2n) is 4.37. The monoisotopic (exact) mass is 247 g/mol. The minimum Gasteiger partial charge on any atom is -0.444 e. The van der Waals surface area contributed by atoms with E-state index in [1.54, 1.807) is 20.8 Å². The van der Waals surface area contributed by atoms with Gasteiger partial charge in [-0.3, -0.25) is 5.32 Å². The van der Waals surface area contributed by atoms with Gasteiger partial charge in [-0.2, -0.15) is 0 Å². The summed E-state index contributed by atoms with van der Waals surface area (Å²) >= 11 is 0. The molecular formula is C11H12F3NO2. The molecule has 1 aromatic carbocycles. The van der Waals surface area contributed by atoms with E-state index in [0.29, 0.717) is 12.1 Å². The van der Waals surface area contributed by atoms with Gasteiger partial charge in [0, 0.05) is 12.1 Å². The molecule has 17 heavy (non-hydrogen) atoms. The summed E-state index contributed by atoms with van der Waals surface area (Å²) in [6, 6.07) is 0.899. The van der Waals surface area contributed by atoms with Crippen LogP contribution in [0, 0.1) is 17.5 Å². The van der Waals surface area contributed by atoms with Gasteiger partial charge in [0.05, 0.1) is 5.69 Å². The van der Waals surface area contributed by atoms with Crippen LogP contribution in [0.15, 0.2) is 12.1 Å². The van der Waals surface area contributed by atoms with Gasteiger partial charge in [-0.1, -0.05) is 0 Å². The van der Waals surface area contributed by atoms with E-state index in [9.17, 15) is 18.0 Å². The molecule has 0 saturated carbocycles. The molecule has 1 N–H and O–H groups in total. The molecule has 0 fully saturated rings. The summed E-state index contributed by atoms with van der Waals surface area (Å²) in [6.07, 6.45) is -0.942. The van der Waals surface area contributed by atoms with Gasteiger partial charge in [0.25, 0.3) is 0 Å².